The molecule has 0 spiro atoms. The van der Waals surface area contributed by atoms with Gasteiger partial charge in [-0.05, 0) is 32.6 Å². The highest BCUT2D eigenvalue weighted by atomic mass is 28.5. The molecule has 0 amide bonds. The molecule has 0 aromatic rings. The Morgan fingerprint density at radius 3 is 2.17 bits per heavy atom. The van der Waals surface area contributed by atoms with E-state index in [1.165, 1.54) is 0 Å². The van der Waals surface area contributed by atoms with Crippen molar-refractivity contribution in [2.45, 2.75) is 38.7 Å². The molecular weight excluding hydrogens is 284 g/mol. The van der Waals surface area contributed by atoms with Crippen LogP contribution in [0.1, 0.15) is 6.42 Å². The van der Waals surface area contributed by atoms with Crippen molar-refractivity contribution in [3.8, 4) is 0 Å². The minimum absolute atomic E-state index is 0.256. The zero-order chi connectivity index (χ0) is 14.2. The predicted molar refractivity (Wildman–Crippen MR) is 78.5 cm³/mol. The standard InChI is InChI=1S/C10H24O5Si3/c1-6-10(11)13-8-7-9-18(12,14-16(2)3)15-17(4)5/h6,12,16-17H,1,7-9H2,2-5H3. The summed E-state index contributed by atoms with van der Waals surface area (Å²) in [6.07, 6.45) is 1.67. The smallest absolute Gasteiger partial charge is 0.463 e. The third kappa shape index (κ3) is 8.78. The lowest BCUT2D eigenvalue weighted by molar-refractivity contribution is -0.137. The van der Waals surface area contributed by atoms with Crippen LogP contribution < -0.4 is 0 Å². The summed E-state index contributed by atoms with van der Waals surface area (Å²) in [5.41, 5.74) is 0. The van der Waals surface area contributed by atoms with Crippen LogP contribution in [0.5, 0.6) is 0 Å². The largest absolute Gasteiger partial charge is 0.477 e. The highest BCUT2D eigenvalue weighted by Gasteiger charge is 2.37. The van der Waals surface area contributed by atoms with E-state index in [9.17, 15) is 9.59 Å². The molecule has 0 aliphatic rings. The topological polar surface area (TPSA) is 65.0 Å². The van der Waals surface area contributed by atoms with Gasteiger partial charge in [0.15, 0.2) is 18.1 Å². The zero-order valence-electron chi connectivity index (χ0n) is 11.6. The monoisotopic (exact) mass is 308 g/mol. The summed E-state index contributed by atoms with van der Waals surface area (Å²) in [6.45, 7) is 11.6. The molecule has 5 nitrogen and oxygen atoms in total. The molecule has 0 unspecified atom stereocenters. The second-order valence-corrected chi connectivity index (χ2v) is 12.5. The molecule has 0 aliphatic carbocycles. The molecular formula is C10H24O5Si3. The number of esters is 1. The summed E-state index contributed by atoms with van der Waals surface area (Å²) in [4.78, 5) is 21.2. The Hall–Kier alpha value is -0.259. The van der Waals surface area contributed by atoms with Gasteiger partial charge in [-0.3, -0.25) is 0 Å². The van der Waals surface area contributed by atoms with E-state index in [1.807, 2.05) is 26.2 Å². The van der Waals surface area contributed by atoms with Gasteiger partial charge in [0, 0.05) is 12.1 Å². The Labute approximate surface area is 114 Å². The lowest BCUT2D eigenvalue weighted by atomic mass is 10.5. The highest BCUT2D eigenvalue weighted by molar-refractivity contribution is 6.74. The number of ether oxygens (including phenoxy) is 1. The van der Waals surface area contributed by atoms with Crippen LogP contribution in [0.3, 0.4) is 0 Å². The van der Waals surface area contributed by atoms with Crippen molar-refractivity contribution in [3.05, 3.63) is 12.7 Å². The Kier molecular flexibility index (Phi) is 8.65. The molecule has 0 aromatic carbocycles. The van der Waals surface area contributed by atoms with Gasteiger partial charge in [-0.15, -0.1) is 0 Å². The zero-order valence-corrected chi connectivity index (χ0v) is 15.0. The maximum Gasteiger partial charge on any atom is 0.477 e. The third-order valence-electron chi connectivity index (χ3n) is 1.89. The fourth-order valence-corrected chi connectivity index (χ4v) is 9.56. The van der Waals surface area contributed by atoms with E-state index in [0.29, 0.717) is 12.5 Å². The van der Waals surface area contributed by atoms with Gasteiger partial charge in [0.05, 0.1) is 6.61 Å². The molecule has 18 heavy (non-hydrogen) atoms. The normalized spacial score (nSPS) is 11.9. The van der Waals surface area contributed by atoms with E-state index < -0.39 is 32.9 Å². The van der Waals surface area contributed by atoms with E-state index in [1.54, 1.807) is 0 Å². The molecule has 0 atom stereocenters. The van der Waals surface area contributed by atoms with Crippen LogP contribution in [-0.4, -0.2) is 44.3 Å². The quantitative estimate of drug-likeness (QED) is 0.298. The van der Waals surface area contributed by atoms with Crippen LogP contribution in [0, 0.1) is 0 Å². The van der Waals surface area contributed by atoms with Gasteiger partial charge in [0.2, 0.25) is 0 Å². The first-order valence-corrected chi connectivity index (χ1v) is 13.7. The molecule has 0 radical (unpaired) electrons. The lowest BCUT2D eigenvalue weighted by Gasteiger charge is -2.28. The van der Waals surface area contributed by atoms with E-state index in [4.69, 9.17) is 13.0 Å². The molecule has 0 bridgehead atoms. The molecule has 106 valence electrons. The second kappa shape index (κ2) is 8.78. The van der Waals surface area contributed by atoms with Crippen LogP contribution in [0.4, 0.5) is 0 Å². The van der Waals surface area contributed by atoms with E-state index in [-0.39, 0.29) is 6.61 Å². The predicted octanol–water partition coefficient (Wildman–Crippen LogP) is 1.04. The third-order valence-corrected chi connectivity index (χ3v) is 9.59. The van der Waals surface area contributed by atoms with Gasteiger partial charge in [-0.1, -0.05) is 6.58 Å². The molecule has 0 aromatic heterocycles. The molecule has 1 N–H and O–H groups in total. The lowest BCUT2D eigenvalue weighted by Crippen LogP contribution is -2.48. The second-order valence-electron chi connectivity index (χ2n) is 4.52. The fourth-order valence-electron chi connectivity index (χ4n) is 1.41. The van der Waals surface area contributed by atoms with E-state index in [2.05, 4.69) is 6.58 Å². The molecule has 0 saturated carbocycles. The number of carbonyl (C=O) groups is 1. The van der Waals surface area contributed by atoms with E-state index >= 15 is 0 Å². The van der Waals surface area contributed by atoms with Crippen molar-refractivity contribution < 1.29 is 22.6 Å². The van der Waals surface area contributed by atoms with Crippen LogP contribution in [-0.2, 0) is 17.8 Å². The van der Waals surface area contributed by atoms with Crippen LogP contribution in [0.25, 0.3) is 0 Å². The van der Waals surface area contributed by atoms with Crippen molar-refractivity contribution in [1.82, 2.24) is 0 Å². The van der Waals surface area contributed by atoms with Gasteiger partial charge in [-0.2, -0.15) is 0 Å². The van der Waals surface area contributed by atoms with Gasteiger partial charge in [0.1, 0.15) is 0 Å². The Morgan fingerprint density at radius 2 is 1.78 bits per heavy atom. The summed E-state index contributed by atoms with van der Waals surface area (Å²) < 4.78 is 16.2. The maximum atomic E-state index is 10.9. The Morgan fingerprint density at radius 1 is 1.28 bits per heavy atom. The average Bonchev–Trinajstić information content (AvgIpc) is 2.21. The summed E-state index contributed by atoms with van der Waals surface area (Å²) in [7, 11) is -5.74. The molecule has 0 saturated heterocycles. The number of rotatable bonds is 9. The van der Waals surface area contributed by atoms with Crippen LogP contribution in [0.2, 0.25) is 32.2 Å². The summed E-state index contributed by atoms with van der Waals surface area (Å²) >= 11 is 0. The Balaban J connectivity index is 4.15. The molecule has 0 heterocycles. The first-order chi connectivity index (χ1) is 8.29. The highest BCUT2D eigenvalue weighted by Crippen LogP contribution is 2.15. The Bertz CT molecular complexity index is 260. The first-order valence-electron chi connectivity index (χ1n) is 6.16. The van der Waals surface area contributed by atoms with Crippen molar-refractivity contribution in [3.63, 3.8) is 0 Å². The van der Waals surface area contributed by atoms with Crippen molar-refractivity contribution in [2.24, 2.45) is 0 Å². The number of hydrogen-bond acceptors (Lipinski definition) is 5. The molecule has 8 heteroatoms. The van der Waals surface area contributed by atoms with Gasteiger partial charge < -0.3 is 17.8 Å². The maximum absolute atomic E-state index is 10.9. The molecule has 0 aliphatic heterocycles. The van der Waals surface area contributed by atoms with E-state index in [0.717, 1.165) is 6.08 Å². The minimum atomic E-state index is -3.05. The summed E-state index contributed by atoms with van der Waals surface area (Å²) in [6, 6.07) is 0.438. The van der Waals surface area contributed by atoms with Gasteiger partial charge in [-0.25, -0.2) is 4.79 Å². The van der Waals surface area contributed by atoms with Crippen molar-refractivity contribution in [1.29, 1.82) is 0 Å². The average molecular weight is 309 g/mol. The number of hydrogen-bond donors (Lipinski definition) is 1. The fraction of sp³-hybridized carbons (Fsp3) is 0.700. The molecule has 0 fully saturated rings. The van der Waals surface area contributed by atoms with Crippen LogP contribution in [0.15, 0.2) is 12.7 Å². The van der Waals surface area contributed by atoms with Crippen molar-refractivity contribution in [2.75, 3.05) is 6.61 Å². The molecule has 0 rings (SSSR count). The SMILES string of the molecule is C=CC(=O)OCCC[Si](O)(O[SiH](C)C)O[SiH](C)C. The summed E-state index contributed by atoms with van der Waals surface area (Å²) in [5, 5.41) is 0. The summed E-state index contributed by atoms with van der Waals surface area (Å²) in [5.74, 6) is -0.446. The van der Waals surface area contributed by atoms with Crippen molar-refractivity contribution >= 4 is 32.9 Å². The van der Waals surface area contributed by atoms with Crippen LogP contribution >= 0.6 is 0 Å². The number of carbonyl (C=O) groups excluding carboxylic acids is 1. The van der Waals surface area contributed by atoms with Gasteiger partial charge in [0.25, 0.3) is 0 Å². The van der Waals surface area contributed by atoms with Gasteiger partial charge >= 0.3 is 14.8 Å². The first kappa shape index (κ1) is 17.7. The minimum Gasteiger partial charge on any atom is -0.463 e.